The van der Waals surface area contributed by atoms with Crippen molar-refractivity contribution in [2.75, 3.05) is 20.2 Å². The van der Waals surface area contributed by atoms with E-state index in [1.807, 2.05) is 34.6 Å². The zero-order chi connectivity index (χ0) is 32.0. The van der Waals surface area contributed by atoms with Crippen LogP contribution >= 0.6 is 0 Å². The number of carbonyl (C=O) groups is 4. The van der Waals surface area contributed by atoms with Crippen LogP contribution in [0.25, 0.3) is 0 Å². The van der Waals surface area contributed by atoms with Crippen LogP contribution in [-0.2, 0) is 19.7 Å². The van der Waals surface area contributed by atoms with Crippen LogP contribution in [0.2, 0.25) is 0 Å². The maximum Gasteiger partial charge on any atom is 0.407 e. The van der Waals surface area contributed by atoms with Crippen molar-refractivity contribution in [1.29, 1.82) is 0 Å². The summed E-state index contributed by atoms with van der Waals surface area (Å²) in [7, 11) is 1.21. The van der Waals surface area contributed by atoms with Gasteiger partial charge in [-0.2, -0.15) is 0 Å². The molecule has 2 rings (SSSR count). The van der Waals surface area contributed by atoms with E-state index in [1.54, 1.807) is 39.8 Å². The number of aromatic nitrogens is 2. The minimum Gasteiger partial charge on any atom is -0.453 e. The van der Waals surface area contributed by atoms with Crippen molar-refractivity contribution >= 4 is 23.7 Å². The molecule has 232 valence electrons. The van der Waals surface area contributed by atoms with E-state index < -0.39 is 41.2 Å². The third-order valence-corrected chi connectivity index (χ3v) is 6.70. The second-order valence-corrected chi connectivity index (χ2v) is 12.8. The van der Waals surface area contributed by atoms with Crippen molar-refractivity contribution in [2.45, 2.75) is 79.8 Å². The number of methoxy groups -OCH3 is 1. The number of nitrogens with zero attached hydrogens (tertiary/aromatic N) is 3. The van der Waals surface area contributed by atoms with E-state index in [0.29, 0.717) is 5.56 Å². The van der Waals surface area contributed by atoms with Crippen LogP contribution in [0.1, 0.15) is 84.5 Å². The van der Waals surface area contributed by atoms with Gasteiger partial charge >= 0.3 is 6.09 Å². The van der Waals surface area contributed by atoms with Gasteiger partial charge in [0.25, 0.3) is 5.89 Å². The molecule has 0 saturated heterocycles. The number of carbonyl (C=O) groups excluding carboxylic acids is 4. The summed E-state index contributed by atoms with van der Waals surface area (Å²) in [5.74, 6) is -2.71. The highest BCUT2D eigenvalue weighted by atomic mass is 19.1. The summed E-state index contributed by atoms with van der Waals surface area (Å²) in [6.07, 6.45) is -0.755. The summed E-state index contributed by atoms with van der Waals surface area (Å²) in [5.41, 5.74) is -0.465. The predicted molar refractivity (Wildman–Crippen MR) is 154 cm³/mol. The molecular weight excluding hydrogens is 545 g/mol. The summed E-state index contributed by atoms with van der Waals surface area (Å²) < 4.78 is 23.9. The Kier molecular flexibility index (Phi) is 11.4. The summed E-state index contributed by atoms with van der Waals surface area (Å²) in [6.45, 7) is 16.3. The zero-order valence-corrected chi connectivity index (χ0v) is 26.2. The minimum atomic E-state index is -1.01. The van der Waals surface area contributed by atoms with Crippen LogP contribution in [0.3, 0.4) is 0 Å². The van der Waals surface area contributed by atoms with Gasteiger partial charge in [-0.1, -0.05) is 60.6 Å². The molecule has 42 heavy (non-hydrogen) atoms. The van der Waals surface area contributed by atoms with Gasteiger partial charge in [0.05, 0.1) is 25.1 Å². The molecular formula is C30H44FN5O6. The second kappa shape index (κ2) is 13.9. The third kappa shape index (κ3) is 9.09. The molecule has 11 nitrogen and oxygen atoms in total. The summed E-state index contributed by atoms with van der Waals surface area (Å²) in [5, 5.41) is 13.3. The number of hydrogen-bond acceptors (Lipinski definition) is 8. The number of nitrogens with one attached hydrogen (secondary N) is 2. The minimum absolute atomic E-state index is 0.158. The number of alkyl carbamates (subject to hydrolysis) is 1. The number of ketones is 1. The fourth-order valence-corrected chi connectivity index (χ4v) is 4.31. The molecule has 0 radical (unpaired) electrons. The van der Waals surface area contributed by atoms with E-state index in [0.717, 1.165) is 0 Å². The molecule has 0 aliphatic carbocycles. The van der Waals surface area contributed by atoms with Crippen molar-refractivity contribution in [2.24, 2.45) is 17.3 Å². The molecule has 2 atom stereocenters. The van der Waals surface area contributed by atoms with E-state index in [4.69, 9.17) is 4.42 Å². The standard InChI is InChI=1S/C30H44FN5O6/c1-17(2)22(24(38)25-34-35-27(42-25)30(8,9)19-11-13-20(31)14-12-19)32-21(37)15-36(16-29(5,6)7)26(39)23(18(3)4)33-28(40)41-10/h11-14,17-18,22-23H,15-16H2,1-10H3,(H,32,37)(H,33,40)/t22-,23+/m1/s1. The molecule has 2 aromatic rings. The molecule has 1 aromatic carbocycles. The first-order valence-corrected chi connectivity index (χ1v) is 13.9. The Bertz CT molecular complexity index is 1250. The summed E-state index contributed by atoms with van der Waals surface area (Å²) in [6, 6.07) is 3.93. The predicted octanol–water partition coefficient (Wildman–Crippen LogP) is 4.11. The Hall–Kier alpha value is -3.83. The third-order valence-electron chi connectivity index (χ3n) is 6.70. The lowest BCUT2D eigenvalue weighted by Gasteiger charge is -2.34. The molecule has 3 amide bonds. The van der Waals surface area contributed by atoms with Crippen molar-refractivity contribution in [1.82, 2.24) is 25.7 Å². The highest BCUT2D eigenvalue weighted by Crippen LogP contribution is 2.31. The number of hydrogen-bond donors (Lipinski definition) is 2. The maximum absolute atomic E-state index is 13.5. The van der Waals surface area contributed by atoms with Crippen LogP contribution < -0.4 is 10.6 Å². The molecule has 0 aliphatic rings. The summed E-state index contributed by atoms with van der Waals surface area (Å²) >= 11 is 0. The first-order chi connectivity index (χ1) is 19.4. The zero-order valence-electron chi connectivity index (χ0n) is 26.2. The molecule has 0 bridgehead atoms. The molecule has 0 spiro atoms. The molecule has 12 heteroatoms. The number of rotatable bonds is 12. The molecule has 0 aliphatic heterocycles. The van der Waals surface area contributed by atoms with Crippen LogP contribution in [0.15, 0.2) is 28.7 Å². The highest BCUT2D eigenvalue weighted by Gasteiger charge is 2.36. The van der Waals surface area contributed by atoms with Crippen molar-refractivity contribution in [3.63, 3.8) is 0 Å². The SMILES string of the molecule is COC(=O)N[C@H](C(=O)N(CC(=O)N[C@@H](C(=O)c1nnc(C(C)(C)c2ccc(F)cc2)o1)C(C)C)CC(C)(C)C)C(C)C. The largest absolute Gasteiger partial charge is 0.453 e. The molecule has 2 N–H and O–H groups in total. The topological polar surface area (TPSA) is 144 Å². The Labute approximate surface area is 247 Å². The normalized spacial score (nSPS) is 13.5. The van der Waals surface area contributed by atoms with Gasteiger partial charge in [-0.05, 0) is 48.8 Å². The van der Waals surface area contributed by atoms with Crippen molar-refractivity contribution in [3.05, 3.63) is 47.4 Å². The highest BCUT2D eigenvalue weighted by molar-refractivity contribution is 5.99. The number of Topliss-reactive ketones (excluding diaryl/α,β-unsaturated/α-hetero) is 1. The second-order valence-electron chi connectivity index (χ2n) is 12.8. The average Bonchev–Trinajstić information content (AvgIpc) is 3.39. The Morgan fingerprint density at radius 2 is 1.50 bits per heavy atom. The van der Waals surface area contributed by atoms with E-state index >= 15 is 0 Å². The molecule has 0 saturated carbocycles. The van der Waals surface area contributed by atoms with Crippen LogP contribution in [0.5, 0.6) is 0 Å². The van der Waals surface area contributed by atoms with Gasteiger partial charge in [0, 0.05) is 6.54 Å². The van der Waals surface area contributed by atoms with Gasteiger partial charge in [-0.3, -0.25) is 14.4 Å². The van der Waals surface area contributed by atoms with Gasteiger partial charge in [0.1, 0.15) is 11.9 Å². The number of benzene rings is 1. The Morgan fingerprint density at radius 3 is 2.00 bits per heavy atom. The van der Waals surface area contributed by atoms with Gasteiger partial charge in [0.2, 0.25) is 23.5 Å². The van der Waals surface area contributed by atoms with Gasteiger partial charge in [-0.15, -0.1) is 10.2 Å². The number of ether oxygens (including phenoxy) is 1. The Morgan fingerprint density at radius 1 is 0.929 bits per heavy atom. The smallest absolute Gasteiger partial charge is 0.407 e. The van der Waals surface area contributed by atoms with Crippen molar-refractivity contribution < 1.29 is 32.7 Å². The maximum atomic E-state index is 13.5. The van der Waals surface area contributed by atoms with Crippen LogP contribution in [0, 0.1) is 23.1 Å². The van der Waals surface area contributed by atoms with E-state index in [2.05, 4.69) is 25.6 Å². The molecule has 1 heterocycles. The van der Waals surface area contributed by atoms with E-state index in [9.17, 15) is 23.6 Å². The molecule has 0 fully saturated rings. The van der Waals surface area contributed by atoms with Gasteiger partial charge in [-0.25, -0.2) is 9.18 Å². The monoisotopic (exact) mass is 589 g/mol. The first-order valence-electron chi connectivity index (χ1n) is 13.9. The van der Waals surface area contributed by atoms with Crippen LogP contribution in [-0.4, -0.2) is 71.1 Å². The van der Waals surface area contributed by atoms with Crippen molar-refractivity contribution in [3.8, 4) is 0 Å². The van der Waals surface area contributed by atoms with E-state index in [1.165, 1.54) is 24.1 Å². The average molecular weight is 590 g/mol. The number of halogens is 1. The summed E-state index contributed by atoms with van der Waals surface area (Å²) in [4.78, 5) is 53.5. The molecule has 0 unspecified atom stereocenters. The fourth-order valence-electron chi connectivity index (χ4n) is 4.31. The lowest BCUT2D eigenvalue weighted by molar-refractivity contribution is -0.140. The van der Waals surface area contributed by atoms with Crippen LogP contribution in [0.4, 0.5) is 9.18 Å². The lowest BCUT2D eigenvalue weighted by atomic mass is 9.84. The lowest BCUT2D eigenvalue weighted by Crippen LogP contribution is -2.56. The van der Waals surface area contributed by atoms with Gasteiger partial charge < -0.3 is 24.7 Å². The Balaban J connectivity index is 2.26. The van der Waals surface area contributed by atoms with E-state index in [-0.39, 0.29) is 47.9 Å². The number of amides is 3. The first kappa shape index (κ1) is 34.4. The molecule has 1 aromatic heterocycles. The quantitative estimate of drug-likeness (QED) is 0.352. The van der Waals surface area contributed by atoms with Gasteiger partial charge in [0.15, 0.2) is 0 Å². The fraction of sp³-hybridized carbons (Fsp3) is 0.600.